The molecule has 5 nitrogen and oxygen atoms in total. The molecule has 2 rings (SSSR count). The number of halogens is 1. The molecular formula is C11H11ClN2O3. The van der Waals surface area contributed by atoms with Crippen LogP contribution in [0, 0.1) is 16.0 Å². The number of benzene rings is 1. The van der Waals surface area contributed by atoms with Gasteiger partial charge in [-0.2, -0.15) is 0 Å². The minimum atomic E-state index is -0.545. The van der Waals surface area contributed by atoms with Crippen LogP contribution in [0.2, 0.25) is 5.02 Å². The summed E-state index contributed by atoms with van der Waals surface area (Å²) >= 11 is 5.84. The van der Waals surface area contributed by atoms with E-state index in [9.17, 15) is 14.9 Å². The fourth-order valence-corrected chi connectivity index (χ4v) is 1.83. The van der Waals surface area contributed by atoms with Crippen LogP contribution in [0.1, 0.15) is 23.7 Å². The maximum absolute atomic E-state index is 11.8. The average Bonchev–Trinajstić information content (AvgIpc) is 2.93. The zero-order chi connectivity index (χ0) is 12.6. The Morgan fingerprint density at radius 2 is 2.24 bits per heavy atom. The fourth-order valence-electron chi connectivity index (χ4n) is 1.57. The Kier molecular flexibility index (Phi) is 3.02. The molecule has 2 unspecified atom stereocenters. The van der Waals surface area contributed by atoms with Crippen LogP contribution in [-0.2, 0) is 0 Å². The molecule has 1 N–H and O–H groups in total. The summed E-state index contributed by atoms with van der Waals surface area (Å²) in [5.41, 5.74) is 0.155. The minimum Gasteiger partial charge on any atom is -0.349 e. The van der Waals surface area contributed by atoms with Crippen molar-refractivity contribution in [1.82, 2.24) is 5.32 Å². The summed E-state index contributed by atoms with van der Waals surface area (Å²) in [6, 6.07) is 4.04. The molecule has 0 spiro atoms. The van der Waals surface area contributed by atoms with Gasteiger partial charge >= 0.3 is 0 Å². The highest BCUT2D eigenvalue weighted by atomic mass is 35.5. The summed E-state index contributed by atoms with van der Waals surface area (Å²) in [6.07, 6.45) is 0.969. The smallest absolute Gasteiger partial charge is 0.270 e. The van der Waals surface area contributed by atoms with E-state index in [1.807, 2.05) is 6.92 Å². The first-order chi connectivity index (χ1) is 7.99. The van der Waals surface area contributed by atoms with Gasteiger partial charge in [0.15, 0.2) is 0 Å². The molecule has 1 saturated carbocycles. The molecule has 0 radical (unpaired) electrons. The summed E-state index contributed by atoms with van der Waals surface area (Å²) in [6.45, 7) is 2.04. The van der Waals surface area contributed by atoms with E-state index in [4.69, 9.17) is 11.6 Å². The van der Waals surface area contributed by atoms with Crippen LogP contribution in [0.25, 0.3) is 0 Å². The van der Waals surface area contributed by atoms with E-state index < -0.39 is 4.92 Å². The maximum Gasteiger partial charge on any atom is 0.270 e. The lowest BCUT2D eigenvalue weighted by molar-refractivity contribution is -0.384. The molecule has 2 atom stereocenters. The number of hydrogen-bond donors (Lipinski definition) is 1. The van der Waals surface area contributed by atoms with Crippen LogP contribution in [0.4, 0.5) is 5.69 Å². The predicted molar refractivity (Wildman–Crippen MR) is 63.1 cm³/mol. The van der Waals surface area contributed by atoms with E-state index in [-0.39, 0.29) is 28.2 Å². The Hall–Kier alpha value is -1.62. The van der Waals surface area contributed by atoms with Crippen molar-refractivity contribution in [3.8, 4) is 0 Å². The first-order valence-corrected chi connectivity index (χ1v) is 5.61. The van der Waals surface area contributed by atoms with Crippen molar-refractivity contribution in [3.63, 3.8) is 0 Å². The van der Waals surface area contributed by atoms with Crippen LogP contribution >= 0.6 is 11.6 Å². The summed E-state index contributed by atoms with van der Waals surface area (Å²) in [5.74, 6) is 0.218. The molecule has 1 fully saturated rings. The molecular weight excluding hydrogens is 244 g/mol. The number of rotatable bonds is 3. The monoisotopic (exact) mass is 254 g/mol. The third kappa shape index (κ3) is 2.55. The zero-order valence-corrected chi connectivity index (χ0v) is 9.90. The number of hydrogen-bond acceptors (Lipinski definition) is 3. The van der Waals surface area contributed by atoms with Gasteiger partial charge in [0.25, 0.3) is 11.6 Å². The Bertz CT molecular complexity index is 490. The summed E-state index contributed by atoms with van der Waals surface area (Å²) < 4.78 is 0. The third-order valence-electron chi connectivity index (χ3n) is 2.83. The molecule has 0 bridgehead atoms. The summed E-state index contributed by atoms with van der Waals surface area (Å²) in [7, 11) is 0. The standard InChI is InChI=1S/C11H11ClN2O3/c1-6-4-10(6)13-11(15)8-3-2-7(14(16)17)5-9(8)12/h2-3,5-6,10H,4H2,1H3,(H,13,15). The number of carbonyl (C=O) groups excluding carboxylic acids is 1. The molecule has 1 aliphatic rings. The van der Waals surface area contributed by atoms with Gasteiger partial charge in [-0.1, -0.05) is 18.5 Å². The van der Waals surface area contributed by atoms with Crippen molar-refractivity contribution in [1.29, 1.82) is 0 Å². The first-order valence-electron chi connectivity index (χ1n) is 5.24. The second kappa shape index (κ2) is 4.33. The Labute approximate surface area is 103 Å². The molecule has 17 heavy (non-hydrogen) atoms. The molecule has 0 saturated heterocycles. The number of nitro groups is 1. The number of non-ortho nitro benzene ring substituents is 1. The van der Waals surface area contributed by atoms with Gasteiger partial charge in [0.05, 0.1) is 15.5 Å². The molecule has 1 aromatic carbocycles. The second-order valence-electron chi connectivity index (χ2n) is 4.21. The molecule has 1 aromatic rings. The number of nitrogens with one attached hydrogen (secondary N) is 1. The van der Waals surface area contributed by atoms with Crippen molar-refractivity contribution in [3.05, 3.63) is 38.9 Å². The fraction of sp³-hybridized carbons (Fsp3) is 0.364. The van der Waals surface area contributed by atoms with Crippen molar-refractivity contribution in [2.45, 2.75) is 19.4 Å². The molecule has 90 valence electrons. The van der Waals surface area contributed by atoms with Gasteiger partial charge in [-0.05, 0) is 18.4 Å². The predicted octanol–water partition coefficient (Wildman–Crippen LogP) is 2.39. The van der Waals surface area contributed by atoms with Crippen LogP contribution in [0.3, 0.4) is 0 Å². The zero-order valence-electron chi connectivity index (χ0n) is 9.14. The van der Waals surface area contributed by atoms with Crippen LogP contribution in [0.15, 0.2) is 18.2 Å². The van der Waals surface area contributed by atoms with Crippen molar-refractivity contribution in [2.24, 2.45) is 5.92 Å². The van der Waals surface area contributed by atoms with Crippen molar-refractivity contribution in [2.75, 3.05) is 0 Å². The van der Waals surface area contributed by atoms with Gasteiger partial charge in [-0.3, -0.25) is 14.9 Å². The lowest BCUT2D eigenvalue weighted by atomic mass is 10.2. The Morgan fingerprint density at radius 3 is 2.71 bits per heavy atom. The first kappa shape index (κ1) is 11.9. The summed E-state index contributed by atoms with van der Waals surface area (Å²) in [5, 5.41) is 13.4. The lowest BCUT2D eigenvalue weighted by Gasteiger charge is -2.05. The number of carbonyl (C=O) groups is 1. The van der Waals surface area contributed by atoms with Crippen molar-refractivity contribution >= 4 is 23.2 Å². The Morgan fingerprint density at radius 1 is 1.59 bits per heavy atom. The Balaban J connectivity index is 2.15. The van der Waals surface area contributed by atoms with Crippen molar-refractivity contribution < 1.29 is 9.72 Å². The van der Waals surface area contributed by atoms with E-state index in [0.29, 0.717) is 5.92 Å². The lowest BCUT2D eigenvalue weighted by Crippen LogP contribution is -2.26. The maximum atomic E-state index is 11.8. The normalized spacial score (nSPS) is 22.0. The van der Waals surface area contributed by atoms with E-state index in [1.165, 1.54) is 18.2 Å². The van der Waals surface area contributed by atoms with Crippen LogP contribution in [-0.4, -0.2) is 16.9 Å². The van der Waals surface area contributed by atoms with E-state index in [1.54, 1.807) is 0 Å². The highest BCUT2D eigenvalue weighted by molar-refractivity contribution is 6.34. The van der Waals surface area contributed by atoms with Crippen LogP contribution in [0.5, 0.6) is 0 Å². The number of nitro benzene ring substituents is 1. The van der Waals surface area contributed by atoms with Crippen LogP contribution < -0.4 is 5.32 Å². The quantitative estimate of drug-likeness (QED) is 0.665. The van der Waals surface area contributed by atoms with E-state index in [2.05, 4.69) is 5.32 Å². The molecule has 0 aliphatic heterocycles. The van der Waals surface area contributed by atoms with Gasteiger partial charge in [0.2, 0.25) is 0 Å². The van der Waals surface area contributed by atoms with Gasteiger partial charge in [0, 0.05) is 18.2 Å². The minimum absolute atomic E-state index is 0.102. The summed E-state index contributed by atoms with van der Waals surface area (Å²) in [4.78, 5) is 21.7. The number of nitrogens with zero attached hydrogens (tertiary/aromatic N) is 1. The molecule has 0 aromatic heterocycles. The molecule has 0 heterocycles. The van der Waals surface area contributed by atoms with Gasteiger partial charge in [0.1, 0.15) is 0 Å². The molecule has 1 aliphatic carbocycles. The topological polar surface area (TPSA) is 72.2 Å². The average molecular weight is 255 g/mol. The largest absolute Gasteiger partial charge is 0.349 e. The van der Waals surface area contributed by atoms with E-state index >= 15 is 0 Å². The highest BCUT2D eigenvalue weighted by Crippen LogP contribution is 2.30. The highest BCUT2D eigenvalue weighted by Gasteiger charge is 2.34. The SMILES string of the molecule is CC1CC1NC(=O)c1ccc([N+](=O)[O-])cc1Cl. The second-order valence-corrected chi connectivity index (χ2v) is 4.62. The van der Waals surface area contributed by atoms with Gasteiger partial charge < -0.3 is 5.32 Å². The third-order valence-corrected chi connectivity index (χ3v) is 3.15. The molecule has 1 amide bonds. The number of amides is 1. The van der Waals surface area contributed by atoms with Gasteiger partial charge in [-0.15, -0.1) is 0 Å². The van der Waals surface area contributed by atoms with E-state index in [0.717, 1.165) is 6.42 Å². The van der Waals surface area contributed by atoms with Gasteiger partial charge in [-0.25, -0.2) is 0 Å². The molecule has 6 heteroatoms.